The Labute approximate surface area is 420 Å². The van der Waals surface area contributed by atoms with E-state index in [1.54, 1.807) is 0 Å². The molecule has 16 rings (SSSR count). The van der Waals surface area contributed by atoms with Crippen molar-refractivity contribution in [1.82, 2.24) is 0 Å². The lowest BCUT2D eigenvalue weighted by Crippen LogP contribution is -2.70. The Hall–Kier alpha value is -8.12. The van der Waals surface area contributed by atoms with Gasteiger partial charge in [-0.1, -0.05) is 182 Å². The predicted octanol–water partition coefficient (Wildman–Crippen LogP) is 15.6. The third kappa shape index (κ3) is 5.23. The average molecular weight is 952 g/mol. The van der Waals surface area contributed by atoms with Gasteiger partial charge in [0.05, 0.1) is 5.41 Å². The molecule has 13 aromatic rings. The van der Waals surface area contributed by atoms with Gasteiger partial charge >= 0.3 is 0 Å². The Morgan fingerprint density at radius 3 is 1.49 bits per heavy atom. The van der Waals surface area contributed by atoms with Crippen LogP contribution < -0.4 is 25.6 Å². The number of thiophene rings is 2. The summed E-state index contributed by atoms with van der Waals surface area (Å²) in [7, 11) is -2.82. The summed E-state index contributed by atoms with van der Waals surface area (Å²) >= 11 is 3.83. The van der Waals surface area contributed by atoms with Crippen LogP contribution in [-0.4, -0.2) is 8.07 Å². The first-order chi connectivity index (χ1) is 35.2. The summed E-state index contributed by atoms with van der Waals surface area (Å²) in [5, 5.41) is 11.3. The number of benzene rings is 11. The number of nitrogens with zero attached hydrogens (tertiary/aromatic N) is 1. The zero-order valence-electron chi connectivity index (χ0n) is 38.4. The van der Waals surface area contributed by atoms with Crippen LogP contribution in [0.15, 0.2) is 249 Å². The molecule has 1 nitrogen and oxygen atoms in total. The zero-order valence-corrected chi connectivity index (χ0v) is 41.1. The molecule has 4 heteroatoms. The fourth-order valence-electron chi connectivity index (χ4n) is 13.4. The summed E-state index contributed by atoms with van der Waals surface area (Å²) in [5.41, 5.74) is 16.1. The molecule has 1 aliphatic carbocycles. The van der Waals surface area contributed by atoms with E-state index in [1.165, 1.54) is 117 Å². The number of hydrogen-bond donors (Lipinski definition) is 0. The third-order valence-electron chi connectivity index (χ3n) is 16.1. The van der Waals surface area contributed by atoms with Crippen molar-refractivity contribution in [3.05, 3.63) is 271 Å². The van der Waals surface area contributed by atoms with Gasteiger partial charge in [-0.2, -0.15) is 0 Å². The Balaban J connectivity index is 0.952. The van der Waals surface area contributed by atoms with Gasteiger partial charge in [-0.25, -0.2) is 0 Å². The van der Waals surface area contributed by atoms with Crippen LogP contribution in [0.5, 0.6) is 0 Å². The van der Waals surface area contributed by atoms with E-state index < -0.39 is 13.5 Å². The van der Waals surface area contributed by atoms with Gasteiger partial charge in [-0.15, -0.1) is 22.7 Å². The summed E-state index contributed by atoms with van der Waals surface area (Å²) < 4.78 is 5.34. The standard InChI is InChI=1S/C67H41NS2Si/c1-2-18-44(19-3-1)68(45-20-16-17-42(37-45)67(57-27-10-4-21-47(57)48-22-5-11-28-58(48)67)43-33-35-51-49-23-6-12-29-59(49)69-61(51)38-43)46-34-36-54-56-40-55-50-24-7-13-30-60(50)70-62(55)41-66(56)71(65(54)39-46)63-31-14-8-25-52(63)53-26-9-15-32-64(53)71/h1-41H. The minimum absolute atomic E-state index is 0.569. The van der Waals surface area contributed by atoms with Crippen LogP contribution in [0.1, 0.15) is 22.3 Å². The van der Waals surface area contributed by atoms with Crippen LogP contribution >= 0.6 is 22.7 Å². The maximum atomic E-state index is 2.60. The van der Waals surface area contributed by atoms with Crippen molar-refractivity contribution in [1.29, 1.82) is 0 Å². The molecule has 71 heavy (non-hydrogen) atoms. The number of rotatable bonds is 5. The fraction of sp³-hybridized carbons (Fsp3) is 0.0149. The maximum absolute atomic E-state index is 2.82. The SMILES string of the molecule is c1ccc(N(c2cccc(C3(c4ccc5c(c4)sc4ccccc45)c4ccccc4-c4ccccc43)c2)c2ccc3c(c2)[Si]2(c4ccccc4-c4ccccc42)c2cc4sc5ccccc5c4cc2-3)cc1. The molecular weight excluding hydrogens is 911 g/mol. The molecule has 0 bridgehead atoms. The third-order valence-corrected chi connectivity index (χ3v) is 23.3. The number of para-hydroxylation sites is 1. The van der Waals surface area contributed by atoms with E-state index in [4.69, 9.17) is 0 Å². The van der Waals surface area contributed by atoms with Gasteiger partial charge in [0, 0.05) is 57.4 Å². The molecule has 0 radical (unpaired) electrons. The lowest BCUT2D eigenvalue weighted by Gasteiger charge is -2.35. The van der Waals surface area contributed by atoms with Crippen LogP contribution in [0.2, 0.25) is 0 Å². The smallest absolute Gasteiger partial charge is 0.182 e. The molecule has 0 fully saturated rings. The highest BCUT2D eigenvalue weighted by atomic mass is 32.1. The zero-order chi connectivity index (χ0) is 46.4. The van der Waals surface area contributed by atoms with Gasteiger partial charge in [-0.05, 0) is 143 Å². The van der Waals surface area contributed by atoms with Gasteiger partial charge in [0.1, 0.15) is 0 Å². The second-order valence-electron chi connectivity index (χ2n) is 19.4. The minimum atomic E-state index is -2.82. The fourth-order valence-corrected chi connectivity index (χ4v) is 21.4. The van der Waals surface area contributed by atoms with Gasteiger partial charge in [-0.3, -0.25) is 0 Å². The summed E-state index contributed by atoms with van der Waals surface area (Å²) in [4.78, 5) is 2.52. The van der Waals surface area contributed by atoms with Crippen molar-refractivity contribution >= 4 is 109 Å². The van der Waals surface area contributed by atoms with E-state index >= 15 is 0 Å². The van der Waals surface area contributed by atoms with Crippen LogP contribution in [-0.2, 0) is 5.41 Å². The Morgan fingerprint density at radius 1 is 0.282 bits per heavy atom. The van der Waals surface area contributed by atoms with Crippen molar-refractivity contribution in [2.45, 2.75) is 5.41 Å². The second-order valence-corrected chi connectivity index (χ2v) is 25.3. The number of fused-ring (bicyclic) bond motifs is 19. The van der Waals surface area contributed by atoms with Gasteiger partial charge in [0.25, 0.3) is 0 Å². The average Bonchev–Trinajstić information content (AvgIpc) is 4.22. The van der Waals surface area contributed by atoms with Crippen LogP contribution in [0.25, 0.3) is 73.7 Å². The molecule has 0 saturated carbocycles. The number of anilines is 3. The summed E-state index contributed by atoms with van der Waals surface area (Å²) in [6, 6.07) is 95.0. The van der Waals surface area contributed by atoms with E-state index in [-0.39, 0.29) is 0 Å². The Kier molecular flexibility index (Phi) is 8.22. The molecule has 0 amide bonds. The van der Waals surface area contributed by atoms with Crippen LogP contribution in [0.4, 0.5) is 17.1 Å². The Morgan fingerprint density at radius 2 is 0.789 bits per heavy atom. The predicted molar refractivity (Wildman–Crippen MR) is 306 cm³/mol. The van der Waals surface area contributed by atoms with E-state index in [0.29, 0.717) is 0 Å². The first-order valence-corrected chi connectivity index (χ1v) is 28.2. The molecule has 11 aromatic carbocycles. The molecule has 0 N–H and O–H groups in total. The second kappa shape index (κ2) is 14.7. The van der Waals surface area contributed by atoms with Crippen LogP contribution in [0.3, 0.4) is 0 Å². The molecule has 3 aliphatic rings. The lowest BCUT2D eigenvalue weighted by atomic mass is 9.67. The van der Waals surface area contributed by atoms with Crippen molar-refractivity contribution in [2.75, 3.05) is 4.90 Å². The molecular formula is C67H41NS2Si. The van der Waals surface area contributed by atoms with Crippen molar-refractivity contribution in [3.8, 4) is 33.4 Å². The summed E-state index contributed by atoms with van der Waals surface area (Å²) in [5.74, 6) is 0. The minimum Gasteiger partial charge on any atom is -0.310 e. The molecule has 1 spiro atoms. The normalized spacial score (nSPS) is 14.1. The first-order valence-electron chi connectivity index (χ1n) is 24.6. The van der Waals surface area contributed by atoms with E-state index in [1.807, 2.05) is 22.7 Å². The van der Waals surface area contributed by atoms with Gasteiger partial charge < -0.3 is 4.90 Å². The summed E-state index contributed by atoms with van der Waals surface area (Å²) in [6.45, 7) is 0. The largest absolute Gasteiger partial charge is 0.310 e. The molecule has 2 aliphatic heterocycles. The van der Waals surface area contributed by atoms with Crippen molar-refractivity contribution in [2.24, 2.45) is 0 Å². The molecule has 330 valence electrons. The number of hydrogen-bond acceptors (Lipinski definition) is 3. The van der Waals surface area contributed by atoms with E-state index in [2.05, 4.69) is 254 Å². The van der Waals surface area contributed by atoms with Crippen LogP contribution in [0, 0.1) is 0 Å². The van der Waals surface area contributed by atoms with Crippen molar-refractivity contribution < 1.29 is 0 Å². The quantitative estimate of drug-likeness (QED) is 0.155. The highest BCUT2D eigenvalue weighted by molar-refractivity contribution is 7.27. The summed E-state index contributed by atoms with van der Waals surface area (Å²) in [6.07, 6.45) is 0. The van der Waals surface area contributed by atoms with Gasteiger partial charge in [0.15, 0.2) is 8.07 Å². The molecule has 0 unspecified atom stereocenters. The topological polar surface area (TPSA) is 3.24 Å². The first kappa shape index (κ1) is 39.7. The van der Waals surface area contributed by atoms with E-state index in [0.717, 1.165) is 17.1 Å². The monoisotopic (exact) mass is 951 g/mol. The van der Waals surface area contributed by atoms with Crippen molar-refractivity contribution in [3.63, 3.8) is 0 Å². The van der Waals surface area contributed by atoms with Gasteiger partial charge in [0.2, 0.25) is 0 Å². The molecule has 2 aromatic heterocycles. The molecule has 4 heterocycles. The molecule has 0 saturated heterocycles. The highest BCUT2D eigenvalue weighted by Gasteiger charge is 2.54. The Bertz CT molecular complexity index is 4300. The highest BCUT2D eigenvalue weighted by Crippen LogP contribution is 2.57. The molecule has 0 atom stereocenters. The van der Waals surface area contributed by atoms with E-state index in [9.17, 15) is 0 Å². The lowest BCUT2D eigenvalue weighted by molar-refractivity contribution is 0.770. The maximum Gasteiger partial charge on any atom is 0.182 e.